The van der Waals surface area contributed by atoms with Crippen LogP contribution in [0.1, 0.15) is 0 Å². The van der Waals surface area contributed by atoms with E-state index in [1.165, 1.54) is 0 Å². The minimum atomic E-state index is -2.94. The monoisotopic (exact) mass is 188 g/mol. The molecule has 0 aromatic carbocycles. The number of rotatable bonds is 4. The van der Waals surface area contributed by atoms with Crippen LogP contribution >= 0.6 is 0 Å². The zero-order chi connectivity index (χ0) is 10.8. The summed E-state index contributed by atoms with van der Waals surface area (Å²) in [5.74, 6) is -6.33. The Hall–Kier alpha value is -2.12. The smallest absolute Gasteiger partial charge is 0.281 e. The van der Waals surface area contributed by atoms with Crippen molar-refractivity contribution in [1.82, 2.24) is 0 Å². The average molecular weight is 188 g/mol. The van der Waals surface area contributed by atoms with Crippen LogP contribution in [0.3, 0.4) is 0 Å². The topological polar surface area (TPSA) is 172 Å². The summed E-state index contributed by atoms with van der Waals surface area (Å²) in [5, 5.41) is 0. The molecule has 13 heavy (non-hydrogen) atoms. The van der Waals surface area contributed by atoms with Crippen molar-refractivity contribution in [3.8, 4) is 0 Å². The van der Waals surface area contributed by atoms with Crippen LogP contribution < -0.4 is 22.9 Å². The molecule has 0 heterocycles. The third kappa shape index (κ3) is 1.28. The second-order valence-corrected chi connectivity index (χ2v) is 2.21. The van der Waals surface area contributed by atoms with E-state index in [2.05, 4.69) is 22.9 Å². The van der Waals surface area contributed by atoms with Gasteiger partial charge >= 0.3 is 0 Å². The van der Waals surface area contributed by atoms with E-state index >= 15 is 0 Å². The summed E-state index contributed by atoms with van der Waals surface area (Å²) < 4.78 is 0. The number of hydrogen-bond donors (Lipinski definition) is 4. The predicted octanol–water partition coefficient (Wildman–Crippen LogP) is -4.09. The zero-order valence-electron chi connectivity index (χ0n) is 6.44. The van der Waals surface area contributed by atoms with E-state index in [0.29, 0.717) is 0 Å². The second-order valence-electron chi connectivity index (χ2n) is 2.21. The highest BCUT2D eigenvalue weighted by Crippen LogP contribution is 2.14. The van der Waals surface area contributed by atoms with Crippen LogP contribution in [0, 0.1) is 5.41 Å². The van der Waals surface area contributed by atoms with Gasteiger partial charge in [0.1, 0.15) is 0 Å². The molecule has 0 aliphatic carbocycles. The number of carbonyl (C=O) groups excluding carboxylic acids is 4. The van der Waals surface area contributed by atoms with Crippen LogP contribution in [-0.4, -0.2) is 23.6 Å². The van der Waals surface area contributed by atoms with Crippen molar-refractivity contribution >= 4 is 23.6 Å². The Morgan fingerprint density at radius 2 is 0.769 bits per heavy atom. The van der Waals surface area contributed by atoms with Gasteiger partial charge in [0.2, 0.25) is 0 Å². The fourth-order valence-electron chi connectivity index (χ4n) is 0.729. The van der Waals surface area contributed by atoms with Crippen LogP contribution in [0.4, 0.5) is 0 Å². The van der Waals surface area contributed by atoms with Gasteiger partial charge in [0.05, 0.1) is 0 Å². The summed E-state index contributed by atoms with van der Waals surface area (Å²) in [6.45, 7) is 0. The Balaban J connectivity index is 5.60. The normalized spacial score (nSPS) is 10.5. The molecule has 0 bridgehead atoms. The molecule has 0 atom stereocenters. The van der Waals surface area contributed by atoms with Gasteiger partial charge in [-0.05, 0) is 0 Å². The van der Waals surface area contributed by atoms with Gasteiger partial charge in [0, 0.05) is 0 Å². The minimum Gasteiger partial charge on any atom is -0.368 e. The number of hydrogen-bond acceptors (Lipinski definition) is 4. The SMILES string of the molecule is NC(=O)C(C(N)=O)(C(N)=O)C(N)=O. The number of amides is 4. The van der Waals surface area contributed by atoms with Gasteiger partial charge in [-0.1, -0.05) is 0 Å². The van der Waals surface area contributed by atoms with Crippen LogP contribution in [-0.2, 0) is 19.2 Å². The molecule has 8 N–H and O–H groups in total. The molecule has 0 aliphatic rings. The van der Waals surface area contributed by atoms with Gasteiger partial charge in [-0.2, -0.15) is 0 Å². The molecule has 0 aromatic heterocycles. The summed E-state index contributed by atoms with van der Waals surface area (Å²) >= 11 is 0. The molecular formula is C5H8N4O4. The molecule has 0 spiro atoms. The Bertz CT molecular complexity index is 235. The van der Waals surface area contributed by atoms with Gasteiger partial charge in [0.15, 0.2) is 0 Å². The number of carbonyl (C=O) groups is 4. The molecule has 4 amide bonds. The molecule has 0 saturated heterocycles. The van der Waals surface area contributed by atoms with Crippen molar-refractivity contribution in [2.75, 3.05) is 0 Å². The lowest BCUT2D eigenvalue weighted by molar-refractivity contribution is -0.153. The van der Waals surface area contributed by atoms with Crippen molar-refractivity contribution in [1.29, 1.82) is 0 Å². The van der Waals surface area contributed by atoms with E-state index < -0.39 is 29.0 Å². The van der Waals surface area contributed by atoms with Crippen LogP contribution in [0.5, 0.6) is 0 Å². The maximum atomic E-state index is 10.7. The van der Waals surface area contributed by atoms with Crippen molar-refractivity contribution in [3.05, 3.63) is 0 Å². The maximum absolute atomic E-state index is 10.7. The Morgan fingerprint density at radius 1 is 0.615 bits per heavy atom. The number of primary amides is 4. The largest absolute Gasteiger partial charge is 0.368 e. The van der Waals surface area contributed by atoms with E-state index in [1.54, 1.807) is 0 Å². The highest BCUT2D eigenvalue weighted by Gasteiger charge is 2.55. The standard InChI is InChI=1S/C5H8N4O4/c6-1(10)5(2(7)11,3(8)12)4(9)13/h(H2,6,10)(H2,7,11)(H2,8,12)(H2,9,13). The molecule has 0 fully saturated rings. The fraction of sp³-hybridized carbons (Fsp3) is 0.200. The molecule has 0 aromatic rings. The summed E-state index contributed by atoms with van der Waals surface area (Å²) in [4.78, 5) is 42.7. The maximum Gasteiger partial charge on any atom is 0.281 e. The van der Waals surface area contributed by atoms with Crippen molar-refractivity contribution in [2.45, 2.75) is 0 Å². The van der Waals surface area contributed by atoms with Crippen molar-refractivity contribution < 1.29 is 19.2 Å². The first-order valence-electron chi connectivity index (χ1n) is 2.97. The molecule has 0 rings (SSSR count). The molecule has 72 valence electrons. The predicted molar refractivity (Wildman–Crippen MR) is 39.2 cm³/mol. The third-order valence-corrected chi connectivity index (χ3v) is 1.48. The highest BCUT2D eigenvalue weighted by atomic mass is 16.2. The first-order chi connectivity index (χ1) is 5.77. The number of nitrogens with two attached hydrogens (primary N) is 4. The minimum absolute atomic E-state index is 1.58. The van der Waals surface area contributed by atoms with Gasteiger partial charge in [-0.3, -0.25) is 19.2 Å². The lowest BCUT2D eigenvalue weighted by atomic mass is 9.85. The van der Waals surface area contributed by atoms with E-state index in [9.17, 15) is 19.2 Å². The molecule has 8 heteroatoms. The van der Waals surface area contributed by atoms with E-state index in [0.717, 1.165) is 0 Å². The van der Waals surface area contributed by atoms with E-state index in [-0.39, 0.29) is 0 Å². The summed E-state index contributed by atoms with van der Waals surface area (Å²) in [6.07, 6.45) is 0. The first kappa shape index (κ1) is 10.9. The molecule has 0 unspecified atom stereocenters. The second kappa shape index (κ2) is 3.09. The van der Waals surface area contributed by atoms with Gasteiger partial charge in [0.25, 0.3) is 29.0 Å². The molecule has 0 saturated carbocycles. The van der Waals surface area contributed by atoms with Gasteiger partial charge < -0.3 is 22.9 Å². The molecular weight excluding hydrogens is 180 g/mol. The van der Waals surface area contributed by atoms with Crippen LogP contribution in [0.15, 0.2) is 0 Å². The molecule has 0 radical (unpaired) electrons. The zero-order valence-corrected chi connectivity index (χ0v) is 6.44. The van der Waals surface area contributed by atoms with Crippen LogP contribution in [0.25, 0.3) is 0 Å². The third-order valence-electron chi connectivity index (χ3n) is 1.48. The van der Waals surface area contributed by atoms with Crippen molar-refractivity contribution in [2.24, 2.45) is 28.3 Å². The average Bonchev–Trinajstić information content (AvgIpc) is 1.82. The Labute approximate surface area is 72.2 Å². The van der Waals surface area contributed by atoms with Crippen LogP contribution in [0.2, 0.25) is 0 Å². The lowest BCUT2D eigenvalue weighted by Gasteiger charge is -2.18. The highest BCUT2D eigenvalue weighted by molar-refractivity contribution is 6.36. The van der Waals surface area contributed by atoms with Gasteiger partial charge in [-0.15, -0.1) is 0 Å². The lowest BCUT2D eigenvalue weighted by Crippen LogP contribution is -2.62. The van der Waals surface area contributed by atoms with E-state index in [4.69, 9.17) is 0 Å². The molecule has 8 nitrogen and oxygen atoms in total. The quantitative estimate of drug-likeness (QED) is 0.328. The Morgan fingerprint density at radius 3 is 0.769 bits per heavy atom. The first-order valence-corrected chi connectivity index (χ1v) is 2.97. The van der Waals surface area contributed by atoms with Gasteiger partial charge in [-0.25, -0.2) is 0 Å². The van der Waals surface area contributed by atoms with Crippen molar-refractivity contribution in [3.63, 3.8) is 0 Å². The summed E-state index contributed by atoms with van der Waals surface area (Å²) in [7, 11) is 0. The molecule has 0 aliphatic heterocycles. The Kier molecular flexibility index (Phi) is 2.59. The van der Waals surface area contributed by atoms with E-state index in [1.807, 2.05) is 0 Å². The summed E-state index contributed by atoms with van der Waals surface area (Å²) in [6, 6.07) is 0. The fourth-order valence-corrected chi connectivity index (χ4v) is 0.729. The summed E-state index contributed by atoms with van der Waals surface area (Å²) in [5.41, 5.74) is 15.6.